The predicted molar refractivity (Wildman–Crippen MR) is 107 cm³/mol. The minimum atomic E-state index is -0.427. The van der Waals surface area contributed by atoms with Crippen LogP contribution in [0.25, 0.3) is 0 Å². The zero-order chi connectivity index (χ0) is 19.7. The summed E-state index contributed by atoms with van der Waals surface area (Å²) in [6.45, 7) is 0.657. The summed E-state index contributed by atoms with van der Waals surface area (Å²) in [6.07, 6.45) is 3.69. The summed E-state index contributed by atoms with van der Waals surface area (Å²) in [5, 5.41) is 2.92. The van der Waals surface area contributed by atoms with Crippen LogP contribution in [0.15, 0.2) is 48.5 Å². The molecule has 3 atom stereocenters. The number of carbonyl (C=O) groups excluding carboxylic acids is 1. The van der Waals surface area contributed by atoms with Crippen LogP contribution in [-0.2, 0) is 17.8 Å². The Balaban J connectivity index is 1.61. The van der Waals surface area contributed by atoms with Gasteiger partial charge in [-0.2, -0.15) is 0 Å². The van der Waals surface area contributed by atoms with Crippen LogP contribution in [0.2, 0.25) is 0 Å². The number of rotatable bonds is 6. The summed E-state index contributed by atoms with van der Waals surface area (Å²) in [5.41, 5.74) is 1.68. The number of hydrogen-bond acceptors (Lipinski definition) is 3. The minimum Gasteiger partial charge on any atom is -0.494 e. The maximum Gasteiger partial charge on any atom is 0.227 e. The number of carbonyl (C=O) groups is 1. The number of benzene rings is 2. The van der Waals surface area contributed by atoms with Crippen molar-refractivity contribution in [2.45, 2.75) is 44.3 Å². The number of hydrogen-bond donors (Lipinski definition) is 1. The molecule has 0 aliphatic carbocycles. The Labute approximate surface area is 165 Å². The van der Waals surface area contributed by atoms with E-state index in [1.165, 1.54) is 12.7 Å². The van der Waals surface area contributed by atoms with E-state index in [9.17, 15) is 9.18 Å². The summed E-state index contributed by atoms with van der Waals surface area (Å²) >= 11 is 0. The van der Waals surface area contributed by atoms with Gasteiger partial charge in [0, 0.05) is 25.7 Å². The van der Waals surface area contributed by atoms with E-state index in [1.54, 1.807) is 19.2 Å². The highest BCUT2D eigenvalue weighted by molar-refractivity contribution is 5.84. The lowest BCUT2D eigenvalue weighted by atomic mass is 9.69. The first-order chi connectivity index (χ1) is 13.6. The molecule has 148 valence electrons. The summed E-state index contributed by atoms with van der Waals surface area (Å²) in [7, 11) is 3.20. The third-order valence-electron chi connectivity index (χ3n) is 6.50. The summed E-state index contributed by atoms with van der Waals surface area (Å²) < 4.78 is 19.2. The Morgan fingerprint density at radius 1 is 1.21 bits per heavy atom. The van der Waals surface area contributed by atoms with Gasteiger partial charge in [0.15, 0.2) is 11.6 Å². The molecule has 2 aromatic rings. The second-order valence-corrected chi connectivity index (χ2v) is 7.99. The van der Waals surface area contributed by atoms with E-state index in [0.717, 1.165) is 31.2 Å². The highest BCUT2D eigenvalue weighted by Crippen LogP contribution is 2.52. The highest BCUT2D eigenvalue weighted by atomic mass is 19.1. The standard InChI is InChI=1S/C23H27FN2O2/c1-25-22(27)23(13-16-6-4-3-5-7-16)14-18-9-11-21(23)26(18)15-17-8-10-20(28-2)19(24)12-17/h3-8,10,12,18,21H,9,11,13-15H2,1-2H3,(H,25,27)/t18-,21+,23+/m0/s1. The number of amides is 1. The van der Waals surface area contributed by atoms with Crippen molar-refractivity contribution in [2.75, 3.05) is 14.2 Å². The second-order valence-electron chi connectivity index (χ2n) is 7.99. The van der Waals surface area contributed by atoms with Crippen LogP contribution >= 0.6 is 0 Å². The van der Waals surface area contributed by atoms with Crippen LogP contribution in [0.4, 0.5) is 4.39 Å². The molecule has 2 aliphatic heterocycles. The third-order valence-corrected chi connectivity index (χ3v) is 6.50. The molecule has 28 heavy (non-hydrogen) atoms. The van der Waals surface area contributed by atoms with Crippen molar-refractivity contribution in [2.24, 2.45) is 5.41 Å². The van der Waals surface area contributed by atoms with E-state index in [4.69, 9.17) is 4.74 Å². The van der Waals surface area contributed by atoms with Crippen molar-refractivity contribution in [3.8, 4) is 5.75 Å². The summed E-state index contributed by atoms with van der Waals surface area (Å²) in [6, 6.07) is 15.9. The highest BCUT2D eigenvalue weighted by Gasteiger charge is 2.59. The van der Waals surface area contributed by atoms with Crippen molar-refractivity contribution < 1.29 is 13.9 Å². The van der Waals surface area contributed by atoms with Gasteiger partial charge in [-0.1, -0.05) is 36.4 Å². The van der Waals surface area contributed by atoms with Gasteiger partial charge in [0.2, 0.25) is 5.91 Å². The molecule has 2 heterocycles. The molecule has 2 aliphatic rings. The SMILES string of the molecule is CNC(=O)[C@]1(Cc2ccccc2)C[C@@H]2CC[C@H]1N2Cc1ccc(OC)c(F)c1. The Morgan fingerprint density at radius 3 is 2.68 bits per heavy atom. The summed E-state index contributed by atoms with van der Waals surface area (Å²) in [4.78, 5) is 15.5. The van der Waals surface area contributed by atoms with Gasteiger partial charge >= 0.3 is 0 Å². The second kappa shape index (κ2) is 7.55. The van der Waals surface area contributed by atoms with E-state index in [-0.39, 0.29) is 23.5 Å². The fourth-order valence-corrected chi connectivity index (χ4v) is 5.29. The zero-order valence-corrected chi connectivity index (χ0v) is 16.5. The molecule has 0 aromatic heterocycles. The van der Waals surface area contributed by atoms with Gasteiger partial charge < -0.3 is 10.1 Å². The molecule has 2 aromatic carbocycles. The molecule has 2 saturated heterocycles. The molecule has 2 fully saturated rings. The number of nitrogens with zero attached hydrogens (tertiary/aromatic N) is 1. The molecular formula is C23H27FN2O2. The van der Waals surface area contributed by atoms with Crippen molar-refractivity contribution >= 4 is 5.91 Å². The zero-order valence-electron chi connectivity index (χ0n) is 16.5. The predicted octanol–water partition coefficient (Wildman–Crippen LogP) is 3.55. The summed E-state index contributed by atoms with van der Waals surface area (Å²) in [5.74, 6) is 0.0415. The molecule has 0 unspecified atom stereocenters. The quantitative estimate of drug-likeness (QED) is 0.831. The molecule has 2 bridgehead atoms. The first kappa shape index (κ1) is 18.9. The number of ether oxygens (including phenoxy) is 1. The Morgan fingerprint density at radius 2 is 2.00 bits per heavy atom. The molecular weight excluding hydrogens is 355 g/mol. The molecule has 1 N–H and O–H groups in total. The minimum absolute atomic E-state index is 0.120. The lowest BCUT2D eigenvalue weighted by molar-refractivity contribution is -0.132. The van der Waals surface area contributed by atoms with Gasteiger partial charge in [-0.3, -0.25) is 9.69 Å². The van der Waals surface area contributed by atoms with Gasteiger partial charge in [-0.05, 0) is 48.9 Å². The molecule has 0 radical (unpaired) electrons. The fraction of sp³-hybridized carbons (Fsp3) is 0.435. The molecule has 5 heteroatoms. The van der Waals surface area contributed by atoms with Crippen LogP contribution < -0.4 is 10.1 Å². The van der Waals surface area contributed by atoms with Crippen LogP contribution in [0.3, 0.4) is 0 Å². The van der Waals surface area contributed by atoms with Crippen molar-refractivity contribution in [3.05, 3.63) is 65.5 Å². The van der Waals surface area contributed by atoms with E-state index in [2.05, 4.69) is 22.3 Å². The Hall–Kier alpha value is -2.40. The third kappa shape index (κ3) is 3.18. The lowest BCUT2D eigenvalue weighted by Gasteiger charge is -2.36. The number of nitrogens with one attached hydrogen (secondary N) is 1. The van der Waals surface area contributed by atoms with Gasteiger partial charge in [0.25, 0.3) is 0 Å². The maximum atomic E-state index is 14.1. The lowest BCUT2D eigenvalue weighted by Crippen LogP contribution is -2.49. The van der Waals surface area contributed by atoms with Crippen LogP contribution in [0.1, 0.15) is 30.4 Å². The van der Waals surface area contributed by atoms with Crippen LogP contribution in [-0.4, -0.2) is 37.0 Å². The smallest absolute Gasteiger partial charge is 0.227 e. The van der Waals surface area contributed by atoms with Gasteiger partial charge in [0.05, 0.1) is 12.5 Å². The Bertz CT molecular complexity index is 857. The van der Waals surface area contributed by atoms with Crippen molar-refractivity contribution in [1.82, 2.24) is 10.2 Å². The molecule has 4 rings (SSSR count). The van der Waals surface area contributed by atoms with E-state index < -0.39 is 5.41 Å². The largest absolute Gasteiger partial charge is 0.494 e. The normalized spacial score (nSPS) is 26.4. The van der Waals surface area contributed by atoms with Crippen LogP contribution in [0.5, 0.6) is 5.75 Å². The molecule has 1 amide bonds. The van der Waals surface area contributed by atoms with Crippen molar-refractivity contribution in [1.29, 1.82) is 0 Å². The molecule has 4 nitrogen and oxygen atoms in total. The first-order valence-electron chi connectivity index (χ1n) is 9.91. The van der Waals surface area contributed by atoms with E-state index in [1.807, 2.05) is 24.3 Å². The molecule has 0 spiro atoms. The Kier molecular flexibility index (Phi) is 5.11. The molecule has 0 saturated carbocycles. The fourth-order valence-electron chi connectivity index (χ4n) is 5.29. The van der Waals surface area contributed by atoms with Gasteiger partial charge in [-0.15, -0.1) is 0 Å². The first-order valence-corrected chi connectivity index (χ1v) is 9.91. The average Bonchev–Trinajstić information content (AvgIpc) is 3.23. The van der Waals surface area contributed by atoms with Gasteiger partial charge in [-0.25, -0.2) is 4.39 Å². The number of halogens is 1. The van der Waals surface area contributed by atoms with Gasteiger partial charge in [0.1, 0.15) is 0 Å². The average molecular weight is 382 g/mol. The van der Waals surface area contributed by atoms with Crippen LogP contribution in [0, 0.1) is 11.2 Å². The van der Waals surface area contributed by atoms with E-state index in [0.29, 0.717) is 12.6 Å². The topological polar surface area (TPSA) is 41.6 Å². The van der Waals surface area contributed by atoms with Crippen molar-refractivity contribution in [3.63, 3.8) is 0 Å². The van der Waals surface area contributed by atoms with E-state index >= 15 is 0 Å². The maximum absolute atomic E-state index is 14.1. The monoisotopic (exact) mass is 382 g/mol. The number of fused-ring (bicyclic) bond motifs is 2. The number of methoxy groups -OCH3 is 1.